The summed E-state index contributed by atoms with van der Waals surface area (Å²) in [5.41, 5.74) is -1.14. The number of amides is 2. The summed E-state index contributed by atoms with van der Waals surface area (Å²) in [6.45, 7) is 7.71. The molecular formula is C20H16N2O4. The molecule has 1 aliphatic rings. The molecule has 6 nitrogen and oxygen atoms in total. The van der Waals surface area contributed by atoms with E-state index in [4.69, 9.17) is 11.3 Å². The van der Waals surface area contributed by atoms with Gasteiger partial charge in [-0.1, -0.05) is 48.5 Å². The molecule has 2 amide bonds. The van der Waals surface area contributed by atoms with E-state index in [0.29, 0.717) is 11.3 Å². The van der Waals surface area contributed by atoms with Gasteiger partial charge in [-0.25, -0.2) is 11.4 Å². The minimum atomic E-state index is -1.90. The Morgan fingerprint density at radius 2 is 1.69 bits per heavy atom. The Morgan fingerprint density at radius 1 is 1.12 bits per heavy atom. The van der Waals surface area contributed by atoms with Crippen molar-refractivity contribution in [1.29, 1.82) is 0 Å². The molecule has 0 unspecified atom stereocenters. The molecule has 2 aromatic carbocycles. The summed E-state index contributed by atoms with van der Waals surface area (Å²) < 4.78 is 4.86. The van der Waals surface area contributed by atoms with Gasteiger partial charge in [0.05, 0.1) is 12.8 Å². The first-order valence-electron chi connectivity index (χ1n) is 8.00. The summed E-state index contributed by atoms with van der Waals surface area (Å²) in [6.07, 6.45) is -0.236. The quantitative estimate of drug-likeness (QED) is 0.484. The van der Waals surface area contributed by atoms with Crippen molar-refractivity contribution < 1.29 is 19.1 Å². The van der Waals surface area contributed by atoms with Crippen LogP contribution >= 0.6 is 0 Å². The topological polar surface area (TPSA) is 68.0 Å². The standard InChI is InChI=1S/C20H16N2O4/c1-21-20(19(25)26-2,14-9-5-3-6-10-14)16-13-17(23)22(18(16)24)15-11-7-4-8-12-15/h3-12,16H,13H2,2H3/t16-,20-/m0/s1. The summed E-state index contributed by atoms with van der Waals surface area (Å²) in [5, 5.41) is 0. The summed E-state index contributed by atoms with van der Waals surface area (Å²) in [6, 6.07) is 16.8. The number of rotatable bonds is 4. The number of carbonyl (C=O) groups excluding carboxylic acids is 3. The number of imide groups is 1. The van der Waals surface area contributed by atoms with Gasteiger partial charge in [-0.05, 0) is 12.1 Å². The highest BCUT2D eigenvalue weighted by atomic mass is 16.5. The first-order chi connectivity index (χ1) is 12.6. The predicted octanol–water partition coefficient (Wildman–Crippen LogP) is 2.55. The van der Waals surface area contributed by atoms with Crippen LogP contribution in [-0.4, -0.2) is 24.9 Å². The average Bonchev–Trinajstić information content (AvgIpc) is 2.98. The van der Waals surface area contributed by atoms with Gasteiger partial charge in [0, 0.05) is 12.0 Å². The Bertz CT molecular complexity index is 889. The molecule has 3 rings (SSSR count). The molecule has 1 saturated heterocycles. The maximum atomic E-state index is 13.1. The van der Waals surface area contributed by atoms with Gasteiger partial charge in [-0.3, -0.25) is 19.3 Å². The van der Waals surface area contributed by atoms with Gasteiger partial charge in [0.2, 0.25) is 11.8 Å². The van der Waals surface area contributed by atoms with E-state index in [2.05, 4.69) is 4.85 Å². The highest BCUT2D eigenvalue weighted by molar-refractivity contribution is 6.22. The van der Waals surface area contributed by atoms with Gasteiger partial charge < -0.3 is 4.74 Å². The molecule has 26 heavy (non-hydrogen) atoms. The van der Waals surface area contributed by atoms with E-state index in [1.165, 1.54) is 7.11 Å². The second-order valence-corrected chi connectivity index (χ2v) is 5.90. The van der Waals surface area contributed by atoms with Crippen LogP contribution in [0.25, 0.3) is 4.85 Å². The van der Waals surface area contributed by atoms with E-state index >= 15 is 0 Å². The van der Waals surface area contributed by atoms with E-state index in [1.54, 1.807) is 60.7 Å². The van der Waals surface area contributed by atoms with Crippen LogP contribution in [0, 0.1) is 12.5 Å². The Balaban J connectivity index is 2.12. The van der Waals surface area contributed by atoms with Crippen molar-refractivity contribution in [2.75, 3.05) is 12.0 Å². The van der Waals surface area contributed by atoms with Crippen LogP contribution in [0.1, 0.15) is 12.0 Å². The van der Waals surface area contributed by atoms with Crippen molar-refractivity contribution in [1.82, 2.24) is 0 Å². The van der Waals surface area contributed by atoms with Crippen LogP contribution in [0.3, 0.4) is 0 Å². The lowest BCUT2D eigenvalue weighted by Gasteiger charge is -2.24. The minimum Gasteiger partial charge on any atom is -0.463 e. The lowest BCUT2D eigenvalue weighted by Crippen LogP contribution is -2.45. The molecule has 1 fully saturated rings. The molecule has 0 N–H and O–H groups in total. The van der Waals surface area contributed by atoms with Crippen LogP contribution in [0.4, 0.5) is 5.69 Å². The lowest BCUT2D eigenvalue weighted by molar-refractivity contribution is -0.149. The van der Waals surface area contributed by atoms with Gasteiger partial charge in [0.25, 0.3) is 0 Å². The molecular weight excluding hydrogens is 332 g/mol. The zero-order valence-corrected chi connectivity index (χ0v) is 14.1. The molecule has 2 atom stereocenters. The van der Waals surface area contributed by atoms with Gasteiger partial charge in [-0.15, -0.1) is 0 Å². The van der Waals surface area contributed by atoms with E-state index in [-0.39, 0.29) is 6.42 Å². The van der Waals surface area contributed by atoms with Crippen molar-refractivity contribution in [2.45, 2.75) is 12.0 Å². The van der Waals surface area contributed by atoms with Crippen LogP contribution < -0.4 is 4.90 Å². The van der Waals surface area contributed by atoms with Crippen LogP contribution in [0.2, 0.25) is 0 Å². The van der Waals surface area contributed by atoms with Crippen molar-refractivity contribution >= 4 is 23.5 Å². The van der Waals surface area contributed by atoms with Crippen LogP contribution in [0.15, 0.2) is 60.7 Å². The summed E-state index contributed by atoms with van der Waals surface area (Å²) in [4.78, 5) is 42.8. The third-order valence-electron chi connectivity index (χ3n) is 4.55. The zero-order chi connectivity index (χ0) is 18.7. The second kappa shape index (κ2) is 6.81. The lowest BCUT2D eigenvalue weighted by atomic mass is 9.77. The molecule has 0 saturated carbocycles. The fourth-order valence-electron chi connectivity index (χ4n) is 3.30. The van der Waals surface area contributed by atoms with Gasteiger partial charge in [0.1, 0.15) is 5.92 Å². The molecule has 130 valence electrons. The average molecular weight is 348 g/mol. The van der Waals surface area contributed by atoms with E-state index in [0.717, 1.165) is 4.90 Å². The Morgan fingerprint density at radius 3 is 2.23 bits per heavy atom. The Kier molecular flexibility index (Phi) is 4.55. The Labute approximate surface area is 150 Å². The third-order valence-corrected chi connectivity index (χ3v) is 4.55. The minimum absolute atomic E-state index is 0.236. The smallest absolute Gasteiger partial charge is 0.399 e. The van der Waals surface area contributed by atoms with Crippen LogP contribution in [-0.2, 0) is 24.7 Å². The number of esters is 1. The number of methoxy groups -OCH3 is 1. The number of para-hydroxylation sites is 1. The molecule has 0 aromatic heterocycles. The molecule has 1 aliphatic heterocycles. The van der Waals surface area contributed by atoms with Gasteiger partial charge in [-0.2, -0.15) is 0 Å². The van der Waals surface area contributed by atoms with Crippen molar-refractivity contribution in [3.63, 3.8) is 0 Å². The molecule has 0 aliphatic carbocycles. The number of nitrogens with zero attached hydrogens (tertiary/aromatic N) is 2. The first kappa shape index (κ1) is 17.4. The molecule has 2 aromatic rings. The SMILES string of the molecule is [C-]#[N+][C@@](C(=O)OC)(c1ccccc1)[C@H]1CC(=O)N(c2ccccc2)C1=O. The summed E-state index contributed by atoms with van der Waals surface area (Å²) >= 11 is 0. The second-order valence-electron chi connectivity index (χ2n) is 5.90. The summed E-state index contributed by atoms with van der Waals surface area (Å²) in [5.74, 6) is -3.02. The third kappa shape index (κ3) is 2.54. The van der Waals surface area contributed by atoms with Gasteiger partial charge >= 0.3 is 11.5 Å². The predicted molar refractivity (Wildman–Crippen MR) is 93.8 cm³/mol. The maximum absolute atomic E-state index is 13.1. The largest absolute Gasteiger partial charge is 0.463 e. The zero-order valence-electron chi connectivity index (χ0n) is 14.1. The molecule has 0 spiro atoms. The number of hydrogen-bond acceptors (Lipinski definition) is 4. The van der Waals surface area contributed by atoms with E-state index in [9.17, 15) is 14.4 Å². The monoisotopic (exact) mass is 348 g/mol. The highest BCUT2D eigenvalue weighted by Gasteiger charge is 2.63. The first-order valence-corrected chi connectivity index (χ1v) is 8.00. The fourth-order valence-corrected chi connectivity index (χ4v) is 3.30. The molecule has 1 heterocycles. The molecule has 0 radical (unpaired) electrons. The van der Waals surface area contributed by atoms with Gasteiger partial charge in [0.15, 0.2) is 0 Å². The normalized spacial score (nSPS) is 18.9. The number of hydrogen-bond donors (Lipinski definition) is 0. The number of ether oxygens (including phenoxy) is 1. The van der Waals surface area contributed by atoms with Crippen molar-refractivity contribution in [3.8, 4) is 0 Å². The maximum Gasteiger partial charge on any atom is 0.399 e. The van der Waals surface area contributed by atoms with Crippen molar-refractivity contribution in [3.05, 3.63) is 77.6 Å². The summed E-state index contributed by atoms with van der Waals surface area (Å²) in [7, 11) is 1.17. The number of anilines is 1. The van der Waals surface area contributed by atoms with E-state index in [1.807, 2.05) is 0 Å². The fraction of sp³-hybridized carbons (Fsp3) is 0.200. The number of carbonyl (C=O) groups is 3. The molecule has 6 heteroatoms. The van der Waals surface area contributed by atoms with E-state index < -0.39 is 29.2 Å². The van der Waals surface area contributed by atoms with Crippen LogP contribution in [0.5, 0.6) is 0 Å². The Hall–Kier alpha value is -3.46. The molecule has 0 bridgehead atoms. The highest BCUT2D eigenvalue weighted by Crippen LogP contribution is 2.43. The number of benzene rings is 2. The van der Waals surface area contributed by atoms with Crippen molar-refractivity contribution in [2.24, 2.45) is 5.92 Å².